The molecule has 25 heavy (non-hydrogen) atoms. The van der Waals surface area contributed by atoms with Crippen molar-refractivity contribution in [1.82, 2.24) is 20.5 Å². The molecule has 1 fully saturated rings. The minimum absolute atomic E-state index is 0.0828. The van der Waals surface area contributed by atoms with Crippen molar-refractivity contribution in [1.29, 1.82) is 0 Å². The average Bonchev–Trinajstić information content (AvgIpc) is 2.67. The van der Waals surface area contributed by atoms with Crippen LogP contribution in [0.2, 0.25) is 0 Å². The summed E-state index contributed by atoms with van der Waals surface area (Å²) in [6, 6.07) is 12.8. The third kappa shape index (κ3) is 3.69. The molecule has 1 aromatic carbocycles. The molecule has 6 nitrogen and oxygen atoms in total. The Hall–Kier alpha value is -2.73. The summed E-state index contributed by atoms with van der Waals surface area (Å²) >= 11 is 0. The second kappa shape index (κ2) is 7.44. The first-order valence-electron chi connectivity index (χ1n) is 8.37. The maximum absolute atomic E-state index is 13.0. The van der Waals surface area contributed by atoms with Crippen molar-refractivity contribution in [2.45, 2.75) is 13.0 Å². The summed E-state index contributed by atoms with van der Waals surface area (Å²) in [4.78, 5) is 31.1. The molecule has 2 heterocycles. The van der Waals surface area contributed by atoms with Gasteiger partial charge in [0.05, 0.1) is 6.04 Å². The second-order valence-corrected chi connectivity index (χ2v) is 6.09. The number of piperazine rings is 1. The number of aryl methyl sites for hydroxylation is 1. The SMILES string of the molecule is CNC(=O)c1cccc([C@@H]2CNCCN2C(=O)c2cccc(C)n2)c1. The molecule has 2 aromatic rings. The third-order valence-electron chi connectivity index (χ3n) is 4.37. The number of aromatic nitrogens is 1. The van der Waals surface area contributed by atoms with E-state index in [-0.39, 0.29) is 17.9 Å². The fraction of sp³-hybridized carbons (Fsp3) is 0.316. The van der Waals surface area contributed by atoms with E-state index < -0.39 is 0 Å². The Bertz CT molecular complexity index is 790. The van der Waals surface area contributed by atoms with Crippen molar-refractivity contribution in [2.75, 3.05) is 26.7 Å². The summed E-state index contributed by atoms with van der Waals surface area (Å²) in [6.45, 7) is 3.86. The Kier molecular flexibility index (Phi) is 5.09. The molecule has 6 heteroatoms. The van der Waals surface area contributed by atoms with Gasteiger partial charge in [0.25, 0.3) is 11.8 Å². The van der Waals surface area contributed by atoms with E-state index in [1.807, 2.05) is 42.2 Å². The number of carbonyl (C=O) groups excluding carboxylic acids is 2. The van der Waals surface area contributed by atoms with Gasteiger partial charge < -0.3 is 15.5 Å². The van der Waals surface area contributed by atoms with Crippen molar-refractivity contribution < 1.29 is 9.59 Å². The highest BCUT2D eigenvalue weighted by atomic mass is 16.2. The number of benzene rings is 1. The minimum Gasteiger partial charge on any atom is -0.355 e. The predicted molar refractivity (Wildman–Crippen MR) is 95.5 cm³/mol. The topological polar surface area (TPSA) is 74.3 Å². The number of hydrogen-bond acceptors (Lipinski definition) is 4. The van der Waals surface area contributed by atoms with E-state index in [1.165, 1.54) is 0 Å². The lowest BCUT2D eigenvalue weighted by atomic mass is 10.00. The van der Waals surface area contributed by atoms with E-state index in [0.717, 1.165) is 17.8 Å². The van der Waals surface area contributed by atoms with Gasteiger partial charge in [-0.3, -0.25) is 9.59 Å². The quantitative estimate of drug-likeness (QED) is 0.890. The normalized spacial score (nSPS) is 17.2. The van der Waals surface area contributed by atoms with Gasteiger partial charge in [0.15, 0.2) is 0 Å². The van der Waals surface area contributed by atoms with Gasteiger partial charge in [0.1, 0.15) is 5.69 Å². The summed E-state index contributed by atoms with van der Waals surface area (Å²) in [6.07, 6.45) is 0. The minimum atomic E-state index is -0.135. The molecule has 0 saturated carbocycles. The molecule has 1 aliphatic heterocycles. The summed E-state index contributed by atoms with van der Waals surface area (Å²) in [5.41, 5.74) is 2.80. The van der Waals surface area contributed by atoms with Crippen LogP contribution in [-0.4, -0.2) is 48.4 Å². The zero-order valence-electron chi connectivity index (χ0n) is 14.5. The fourth-order valence-corrected chi connectivity index (χ4v) is 3.09. The average molecular weight is 338 g/mol. The van der Waals surface area contributed by atoms with E-state index in [9.17, 15) is 9.59 Å². The Balaban J connectivity index is 1.91. The standard InChI is InChI=1S/C19H22N4O2/c1-13-5-3-8-16(22-13)19(25)23-10-9-21-12-17(23)14-6-4-7-15(11-14)18(24)20-2/h3-8,11,17,21H,9-10,12H2,1-2H3,(H,20,24)/t17-/m0/s1. The highest BCUT2D eigenvalue weighted by Crippen LogP contribution is 2.24. The van der Waals surface area contributed by atoms with Gasteiger partial charge in [0.2, 0.25) is 0 Å². The molecule has 2 amide bonds. The van der Waals surface area contributed by atoms with Gasteiger partial charge in [-0.2, -0.15) is 0 Å². The largest absolute Gasteiger partial charge is 0.355 e. The molecule has 1 aliphatic rings. The smallest absolute Gasteiger partial charge is 0.273 e. The van der Waals surface area contributed by atoms with Gasteiger partial charge in [-0.1, -0.05) is 18.2 Å². The molecular formula is C19H22N4O2. The molecule has 2 N–H and O–H groups in total. The van der Waals surface area contributed by atoms with Crippen LogP contribution in [0.1, 0.15) is 38.1 Å². The molecule has 0 radical (unpaired) electrons. The zero-order chi connectivity index (χ0) is 17.8. The molecule has 1 atom stereocenters. The van der Waals surface area contributed by atoms with Crippen LogP contribution in [0.25, 0.3) is 0 Å². The van der Waals surface area contributed by atoms with Crippen LogP contribution < -0.4 is 10.6 Å². The highest BCUT2D eigenvalue weighted by Gasteiger charge is 2.29. The van der Waals surface area contributed by atoms with Gasteiger partial charge in [0, 0.05) is 37.9 Å². The maximum Gasteiger partial charge on any atom is 0.273 e. The van der Waals surface area contributed by atoms with Gasteiger partial charge >= 0.3 is 0 Å². The Morgan fingerprint density at radius 2 is 2.04 bits per heavy atom. The molecular weight excluding hydrogens is 316 g/mol. The first kappa shape index (κ1) is 17.1. The van der Waals surface area contributed by atoms with E-state index in [0.29, 0.717) is 24.3 Å². The number of amides is 2. The number of carbonyl (C=O) groups is 2. The first-order chi connectivity index (χ1) is 12.1. The molecule has 1 aromatic heterocycles. The van der Waals surface area contributed by atoms with E-state index in [1.54, 1.807) is 19.2 Å². The van der Waals surface area contributed by atoms with E-state index in [4.69, 9.17) is 0 Å². The van der Waals surface area contributed by atoms with Crippen LogP contribution in [0.3, 0.4) is 0 Å². The van der Waals surface area contributed by atoms with Crippen LogP contribution in [0.15, 0.2) is 42.5 Å². The summed E-state index contributed by atoms with van der Waals surface area (Å²) in [5.74, 6) is -0.218. The van der Waals surface area contributed by atoms with Crippen LogP contribution in [-0.2, 0) is 0 Å². The number of pyridine rings is 1. The number of nitrogens with one attached hydrogen (secondary N) is 2. The van der Waals surface area contributed by atoms with Crippen molar-refractivity contribution in [3.05, 3.63) is 65.0 Å². The van der Waals surface area contributed by atoms with Crippen molar-refractivity contribution in [2.24, 2.45) is 0 Å². The maximum atomic E-state index is 13.0. The molecule has 0 spiro atoms. The third-order valence-corrected chi connectivity index (χ3v) is 4.37. The predicted octanol–water partition coefficient (Wildman–Crippen LogP) is 1.54. The van der Waals surface area contributed by atoms with Crippen molar-refractivity contribution in [3.8, 4) is 0 Å². The summed E-state index contributed by atoms with van der Waals surface area (Å²) < 4.78 is 0. The Morgan fingerprint density at radius 3 is 2.80 bits per heavy atom. The lowest BCUT2D eigenvalue weighted by Gasteiger charge is -2.36. The lowest BCUT2D eigenvalue weighted by Crippen LogP contribution is -2.49. The van der Waals surface area contributed by atoms with Crippen LogP contribution >= 0.6 is 0 Å². The number of rotatable bonds is 3. The highest BCUT2D eigenvalue weighted by molar-refractivity contribution is 5.94. The molecule has 0 aliphatic carbocycles. The zero-order valence-corrected chi connectivity index (χ0v) is 14.5. The van der Waals surface area contributed by atoms with Gasteiger partial charge in [-0.15, -0.1) is 0 Å². The van der Waals surface area contributed by atoms with E-state index >= 15 is 0 Å². The van der Waals surface area contributed by atoms with Crippen molar-refractivity contribution >= 4 is 11.8 Å². The van der Waals surface area contributed by atoms with Crippen LogP contribution in [0, 0.1) is 6.92 Å². The fourth-order valence-electron chi connectivity index (χ4n) is 3.09. The Morgan fingerprint density at radius 1 is 1.24 bits per heavy atom. The van der Waals surface area contributed by atoms with Crippen LogP contribution in [0.5, 0.6) is 0 Å². The monoisotopic (exact) mass is 338 g/mol. The lowest BCUT2D eigenvalue weighted by molar-refractivity contribution is 0.0628. The van der Waals surface area contributed by atoms with E-state index in [2.05, 4.69) is 15.6 Å². The number of hydrogen-bond donors (Lipinski definition) is 2. The molecule has 3 rings (SSSR count). The molecule has 1 saturated heterocycles. The molecule has 0 unspecified atom stereocenters. The first-order valence-corrected chi connectivity index (χ1v) is 8.37. The second-order valence-electron chi connectivity index (χ2n) is 6.09. The molecule has 0 bridgehead atoms. The Labute approximate surface area is 147 Å². The van der Waals surface area contributed by atoms with Gasteiger partial charge in [-0.05, 0) is 36.8 Å². The number of nitrogens with zero attached hydrogens (tertiary/aromatic N) is 2. The summed E-state index contributed by atoms with van der Waals surface area (Å²) in [7, 11) is 1.61. The van der Waals surface area contributed by atoms with Crippen LogP contribution in [0.4, 0.5) is 0 Å². The van der Waals surface area contributed by atoms with Gasteiger partial charge in [-0.25, -0.2) is 4.98 Å². The molecule has 130 valence electrons. The summed E-state index contributed by atoms with van der Waals surface area (Å²) in [5, 5.41) is 5.96. The van der Waals surface area contributed by atoms with Crippen molar-refractivity contribution in [3.63, 3.8) is 0 Å².